The summed E-state index contributed by atoms with van der Waals surface area (Å²) in [5.41, 5.74) is 1.35. The SMILES string of the molecule is CC1=C[C@H](C)[C@H]([C@@H]2O[C@H](C)C(C)(C)O2)[C@H](C)C1. The monoisotopic (exact) mass is 238 g/mol. The first-order valence-corrected chi connectivity index (χ1v) is 6.82. The summed E-state index contributed by atoms with van der Waals surface area (Å²) in [5.74, 6) is 1.67. The van der Waals surface area contributed by atoms with Crippen molar-refractivity contribution in [3.8, 4) is 0 Å². The van der Waals surface area contributed by atoms with Crippen LogP contribution in [0.25, 0.3) is 0 Å². The molecule has 0 spiro atoms. The smallest absolute Gasteiger partial charge is 0.162 e. The molecule has 1 saturated heterocycles. The molecule has 2 heteroatoms. The summed E-state index contributed by atoms with van der Waals surface area (Å²) in [6.07, 6.45) is 3.70. The molecule has 0 bridgehead atoms. The number of hydrogen-bond donors (Lipinski definition) is 0. The van der Waals surface area contributed by atoms with Gasteiger partial charge >= 0.3 is 0 Å². The zero-order valence-electron chi connectivity index (χ0n) is 12.0. The van der Waals surface area contributed by atoms with E-state index in [9.17, 15) is 0 Å². The van der Waals surface area contributed by atoms with Crippen molar-refractivity contribution in [2.45, 2.75) is 66.0 Å². The third-order valence-corrected chi connectivity index (χ3v) is 4.51. The predicted octanol–water partition coefficient (Wildman–Crippen LogP) is 3.76. The van der Waals surface area contributed by atoms with Gasteiger partial charge in [-0.15, -0.1) is 0 Å². The number of rotatable bonds is 1. The minimum atomic E-state index is -0.152. The molecule has 2 nitrogen and oxygen atoms in total. The van der Waals surface area contributed by atoms with E-state index in [1.807, 2.05) is 0 Å². The average molecular weight is 238 g/mol. The molecule has 98 valence electrons. The van der Waals surface area contributed by atoms with Crippen molar-refractivity contribution in [3.05, 3.63) is 11.6 Å². The molecule has 0 saturated carbocycles. The molecule has 1 aliphatic heterocycles. The maximum absolute atomic E-state index is 6.13. The molecular formula is C15H26O2. The zero-order valence-corrected chi connectivity index (χ0v) is 12.0. The summed E-state index contributed by atoms with van der Waals surface area (Å²) in [7, 11) is 0. The third-order valence-electron chi connectivity index (χ3n) is 4.51. The Morgan fingerprint density at radius 3 is 2.35 bits per heavy atom. The predicted molar refractivity (Wildman–Crippen MR) is 69.7 cm³/mol. The first kappa shape index (κ1) is 13.1. The van der Waals surface area contributed by atoms with Crippen LogP contribution in [0.2, 0.25) is 0 Å². The molecule has 0 aromatic heterocycles. The normalized spacial score (nSPS) is 45.8. The van der Waals surface area contributed by atoms with Gasteiger partial charge in [-0.25, -0.2) is 0 Å². The van der Waals surface area contributed by atoms with Gasteiger partial charge in [-0.05, 0) is 46.0 Å². The van der Waals surface area contributed by atoms with E-state index < -0.39 is 0 Å². The third kappa shape index (κ3) is 2.43. The van der Waals surface area contributed by atoms with Crippen molar-refractivity contribution in [2.24, 2.45) is 17.8 Å². The summed E-state index contributed by atoms with van der Waals surface area (Å²) < 4.78 is 12.2. The Balaban J connectivity index is 2.14. The summed E-state index contributed by atoms with van der Waals surface area (Å²) in [4.78, 5) is 0. The number of hydrogen-bond acceptors (Lipinski definition) is 2. The van der Waals surface area contributed by atoms with Crippen molar-refractivity contribution in [2.75, 3.05) is 0 Å². The average Bonchev–Trinajstić information content (AvgIpc) is 2.38. The first-order valence-electron chi connectivity index (χ1n) is 6.82. The highest BCUT2D eigenvalue weighted by Crippen LogP contribution is 2.42. The molecule has 17 heavy (non-hydrogen) atoms. The summed E-state index contributed by atoms with van der Waals surface area (Å²) in [6, 6.07) is 0. The Labute approximate surface area is 105 Å². The lowest BCUT2D eigenvalue weighted by molar-refractivity contribution is -0.138. The lowest BCUT2D eigenvalue weighted by Gasteiger charge is -2.36. The second-order valence-corrected chi connectivity index (χ2v) is 6.50. The van der Waals surface area contributed by atoms with Gasteiger partial charge < -0.3 is 9.47 Å². The van der Waals surface area contributed by atoms with Gasteiger partial charge in [0.05, 0.1) is 11.7 Å². The molecule has 0 unspecified atom stereocenters. The van der Waals surface area contributed by atoms with Gasteiger partial charge in [0.15, 0.2) is 6.29 Å². The van der Waals surface area contributed by atoms with Crippen LogP contribution in [0.3, 0.4) is 0 Å². The van der Waals surface area contributed by atoms with Crippen LogP contribution in [-0.4, -0.2) is 18.0 Å². The first-order chi connectivity index (χ1) is 7.81. The Morgan fingerprint density at radius 2 is 1.88 bits per heavy atom. The van der Waals surface area contributed by atoms with E-state index in [0.717, 1.165) is 0 Å². The largest absolute Gasteiger partial charge is 0.346 e. The molecule has 0 N–H and O–H groups in total. The molecule has 1 heterocycles. The van der Waals surface area contributed by atoms with E-state index in [1.165, 1.54) is 12.0 Å². The van der Waals surface area contributed by atoms with Crippen molar-refractivity contribution in [1.82, 2.24) is 0 Å². The van der Waals surface area contributed by atoms with Crippen molar-refractivity contribution < 1.29 is 9.47 Å². The van der Waals surface area contributed by atoms with Gasteiger partial charge in [0.1, 0.15) is 0 Å². The highest BCUT2D eigenvalue weighted by atomic mass is 16.7. The van der Waals surface area contributed by atoms with Crippen LogP contribution >= 0.6 is 0 Å². The lowest BCUT2D eigenvalue weighted by Crippen LogP contribution is -2.36. The van der Waals surface area contributed by atoms with Crippen LogP contribution < -0.4 is 0 Å². The standard InChI is InChI=1S/C15H26O2/c1-9-7-10(2)13(11(3)8-9)14-16-12(4)15(5,6)17-14/h7,10-14H,8H2,1-6H3/t10-,11+,12+,13-,14+/m0/s1. The molecule has 0 amide bonds. The summed E-state index contributed by atoms with van der Waals surface area (Å²) in [5, 5.41) is 0. The molecule has 2 aliphatic rings. The molecule has 0 aromatic rings. The Morgan fingerprint density at radius 1 is 1.24 bits per heavy atom. The number of allylic oxidation sites excluding steroid dienone is 2. The fraction of sp³-hybridized carbons (Fsp3) is 0.867. The van der Waals surface area contributed by atoms with E-state index in [4.69, 9.17) is 9.47 Å². The Kier molecular flexibility index (Phi) is 3.39. The van der Waals surface area contributed by atoms with Gasteiger partial charge in [0.25, 0.3) is 0 Å². The van der Waals surface area contributed by atoms with E-state index in [0.29, 0.717) is 17.8 Å². The van der Waals surface area contributed by atoms with Crippen molar-refractivity contribution in [1.29, 1.82) is 0 Å². The molecule has 1 aliphatic carbocycles. The van der Waals surface area contributed by atoms with Crippen LogP contribution in [0.4, 0.5) is 0 Å². The van der Waals surface area contributed by atoms with Crippen molar-refractivity contribution >= 4 is 0 Å². The van der Waals surface area contributed by atoms with Crippen LogP contribution in [0.5, 0.6) is 0 Å². The molecule has 2 rings (SSSR count). The molecule has 1 fully saturated rings. The molecule has 0 aromatic carbocycles. The van der Waals surface area contributed by atoms with Crippen LogP contribution in [0.15, 0.2) is 11.6 Å². The topological polar surface area (TPSA) is 18.5 Å². The fourth-order valence-electron chi connectivity index (χ4n) is 3.26. The Hall–Kier alpha value is -0.340. The minimum Gasteiger partial charge on any atom is -0.346 e. The van der Waals surface area contributed by atoms with E-state index >= 15 is 0 Å². The zero-order chi connectivity index (χ0) is 12.8. The summed E-state index contributed by atoms with van der Waals surface area (Å²) in [6.45, 7) is 13.2. The lowest BCUT2D eigenvalue weighted by atomic mass is 9.74. The van der Waals surface area contributed by atoms with Gasteiger partial charge in [0.2, 0.25) is 0 Å². The summed E-state index contributed by atoms with van der Waals surface area (Å²) >= 11 is 0. The van der Waals surface area contributed by atoms with Crippen LogP contribution in [-0.2, 0) is 9.47 Å². The van der Waals surface area contributed by atoms with E-state index in [2.05, 4.69) is 47.6 Å². The van der Waals surface area contributed by atoms with E-state index in [1.54, 1.807) is 0 Å². The van der Waals surface area contributed by atoms with Gasteiger partial charge in [-0.3, -0.25) is 0 Å². The quantitative estimate of drug-likeness (QED) is 0.647. The second-order valence-electron chi connectivity index (χ2n) is 6.50. The van der Waals surface area contributed by atoms with Gasteiger partial charge in [-0.2, -0.15) is 0 Å². The Bertz CT molecular complexity index is 319. The fourth-order valence-corrected chi connectivity index (χ4v) is 3.26. The highest BCUT2D eigenvalue weighted by molar-refractivity contribution is 5.09. The minimum absolute atomic E-state index is 0.0330. The van der Waals surface area contributed by atoms with Crippen LogP contribution in [0, 0.1) is 17.8 Å². The van der Waals surface area contributed by atoms with E-state index in [-0.39, 0.29) is 18.0 Å². The highest BCUT2D eigenvalue weighted by Gasteiger charge is 2.46. The van der Waals surface area contributed by atoms with Gasteiger partial charge in [0, 0.05) is 5.92 Å². The van der Waals surface area contributed by atoms with Crippen LogP contribution in [0.1, 0.15) is 48.0 Å². The van der Waals surface area contributed by atoms with Gasteiger partial charge in [-0.1, -0.05) is 25.5 Å². The van der Waals surface area contributed by atoms with Crippen molar-refractivity contribution in [3.63, 3.8) is 0 Å². The maximum atomic E-state index is 6.13. The maximum Gasteiger partial charge on any atom is 0.162 e. The molecule has 5 atom stereocenters. The molecular weight excluding hydrogens is 212 g/mol. The number of ether oxygens (including phenoxy) is 2. The molecule has 0 radical (unpaired) electrons. The second kappa shape index (κ2) is 4.40.